The van der Waals surface area contributed by atoms with Crippen LogP contribution in [-0.4, -0.2) is 16.2 Å². The first kappa shape index (κ1) is 18.8. The third-order valence-corrected chi connectivity index (χ3v) is 5.35. The minimum Gasteiger partial charge on any atom is -0.508 e. The average molecular weight is 410 g/mol. The maximum absolute atomic E-state index is 12.5. The van der Waals surface area contributed by atoms with Gasteiger partial charge in [-0.2, -0.15) is 0 Å². The zero-order valence-electron chi connectivity index (χ0n) is 16.4. The molecule has 0 radical (unpaired) electrons. The van der Waals surface area contributed by atoms with Gasteiger partial charge in [-0.25, -0.2) is 4.79 Å². The van der Waals surface area contributed by atoms with E-state index in [0.29, 0.717) is 33.8 Å². The van der Waals surface area contributed by atoms with Crippen LogP contribution in [0.25, 0.3) is 0 Å². The second-order valence-electron chi connectivity index (χ2n) is 7.23. The monoisotopic (exact) mass is 410 g/mol. The number of rotatable bonds is 0. The van der Waals surface area contributed by atoms with Crippen molar-refractivity contribution in [3.63, 3.8) is 0 Å². The summed E-state index contributed by atoms with van der Waals surface area (Å²) in [5.41, 5.74) is 1.28. The van der Waals surface area contributed by atoms with Crippen LogP contribution in [0.1, 0.15) is 27.0 Å². The van der Waals surface area contributed by atoms with Crippen molar-refractivity contribution in [1.29, 1.82) is 0 Å². The number of esters is 1. The lowest BCUT2D eigenvalue weighted by Crippen LogP contribution is -2.32. The molecule has 0 amide bonds. The Morgan fingerprint density at radius 2 is 1.13 bits per heavy atom. The zero-order valence-corrected chi connectivity index (χ0v) is 16.4. The quantitative estimate of drug-likeness (QED) is 0.382. The van der Waals surface area contributed by atoms with Gasteiger partial charge in [-0.15, -0.1) is 0 Å². The normalized spacial score (nSPS) is 14.3. The molecular weight excluding hydrogens is 392 g/mol. The third kappa shape index (κ3) is 2.99. The number of hydrogen-bond acceptors (Lipinski definition) is 5. The summed E-state index contributed by atoms with van der Waals surface area (Å²) in [5, 5.41) is 19.7. The number of benzene rings is 4. The summed E-state index contributed by atoms with van der Waals surface area (Å²) >= 11 is 0. The number of carbonyl (C=O) groups is 1. The lowest BCUT2D eigenvalue weighted by molar-refractivity contribution is 0.0224. The number of phenolic OH excluding ortho intramolecular Hbond substituents is 2. The Morgan fingerprint density at radius 1 is 0.613 bits per heavy atom. The van der Waals surface area contributed by atoms with Crippen LogP contribution in [0.15, 0.2) is 97.1 Å². The van der Waals surface area contributed by atoms with E-state index < -0.39 is 11.6 Å². The van der Waals surface area contributed by atoms with Crippen molar-refractivity contribution >= 4 is 5.97 Å². The number of carbonyl (C=O) groups excluding carboxylic acids is 1. The van der Waals surface area contributed by atoms with Crippen LogP contribution in [0.2, 0.25) is 0 Å². The van der Waals surface area contributed by atoms with Gasteiger partial charge in [-0.3, -0.25) is 0 Å². The number of aromatic hydroxyl groups is 2. The lowest BCUT2D eigenvalue weighted by Gasteiger charge is -2.36. The Hall–Kier alpha value is -4.25. The zero-order chi connectivity index (χ0) is 21.4. The smallest absolute Gasteiger partial charge is 0.340 e. The standard InChI is InChI=1S/C20H12O5.C6H6/c21-11-5-7-15-17(9-11)24-18-10-12(22)6-8-16(18)20(15)14-4-2-1-3-13(14)19(23)25-20;1-2-4-6-5-3-1/h1-10,21-22H;1-6H. The maximum atomic E-state index is 12.5. The number of phenols is 2. The van der Waals surface area contributed by atoms with Gasteiger partial charge in [0.15, 0.2) is 5.60 Å². The average Bonchev–Trinajstić information content (AvgIpc) is 3.08. The third-order valence-electron chi connectivity index (χ3n) is 5.35. The second-order valence-corrected chi connectivity index (χ2v) is 7.23. The SMILES string of the molecule is O=C1OC2(c3ccc(O)cc3Oc3cc(O)ccc32)c2ccccc21.c1ccccc1. The van der Waals surface area contributed by atoms with Crippen molar-refractivity contribution in [3.8, 4) is 23.0 Å². The first-order chi connectivity index (χ1) is 15.1. The molecular formula is C26H18O5. The van der Waals surface area contributed by atoms with Crippen LogP contribution in [0.5, 0.6) is 23.0 Å². The highest BCUT2D eigenvalue weighted by molar-refractivity contribution is 5.97. The first-order valence-corrected chi connectivity index (χ1v) is 9.77. The van der Waals surface area contributed by atoms with E-state index >= 15 is 0 Å². The molecule has 6 rings (SSSR count). The van der Waals surface area contributed by atoms with Crippen LogP contribution in [0.3, 0.4) is 0 Å². The first-order valence-electron chi connectivity index (χ1n) is 9.77. The van der Waals surface area contributed by atoms with E-state index in [1.807, 2.05) is 48.5 Å². The minimum atomic E-state index is -1.17. The van der Waals surface area contributed by atoms with Gasteiger partial charge >= 0.3 is 5.97 Å². The van der Waals surface area contributed by atoms with Crippen LogP contribution >= 0.6 is 0 Å². The van der Waals surface area contributed by atoms with E-state index in [1.54, 1.807) is 24.3 Å². The van der Waals surface area contributed by atoms with Gasteiger partial charge < -0.3 is 19.7 Å². The van der Waals surface area contributed by atoms with Gasteiger partial charge in [0.05, 0.1) is 5.56 Å². The number of fused-ring (bicyclic) bond motifs is 6. The molecule has 0 unspecified atom stereocenters. The fourth-order valence-corrected chi connectivity index (χ4v) is 4.04. The molecule has 1 spiro atoms. The molecule has 2 aliphatic heterocycles. The summed E-state index contributed by atoms with van der Waals surface area (Å²) in [5.74, 6) is 0.408. The molecule has 4 aromatic carbocycles. The van der Waals surface area contributed by atoms with Crippen molar-refractivity contribution in [2.75, 3.05) is 0 Å². The molecule has 0 aliphatic carbocycles. The molecule has 2 N–H and O–H groups in total. The van der Waals surface area contributed by atoms with E-state index in [-0.39, 0.29) is 11.5 Å². The van der Waals surface area contributed by atoms with Crippen molar-refractivity contribution < 1.29 is 24.5 Å². The molecule has 5 nitrogen and oxygen atoms in total. The molecule has 2 aliphatic rings. The molecule has 0 saturated carbocycles. The Bertz CT molecular complexity index is 1200. The molecule has 4 aromatic rings. The number of ether oxygens (including phenoxy) is 2. The Kier molecular flexibility index (Phi) is 4.37. The number of hydrogen-bond donors (Lipinski definition) is 2. The van der Waals surface area contributed by atoms with Gasteiger partial charge in [0.25, 0.3) is 0 Å². The van der Waals surface area contributed by atoms with Crippen molar-refractivity contribution in [1.82, 2.24) is 0 Å². The summed E-state index contributed by atoms with van der Waals surface area (Å²) in [6.07, 6.45) is 0. The van der Waals surface area contributed by atoms with Crippen LogP contribution in [0.4, 0.5) is 0 Å². The van der Waals surface area contributed by atoms with E-state index in [2.05, 4.69) is 0 Å². The van der Waals surface area contributed by atoms with E-state index in [1.165, 1.54) is 24.3 Å². The van der Waals surface area contributed by atoms with E-state index in [9.17, 15) is 15.0 Å². The van der Waals surface area contributed by atoms with Gasteiger partial charge in [0.2, 0.25) is 0 Å². The predicted octanol–water partition coefficient (Wildman–Crippen LogP) is 5.35. The summed E-state index contributed by atoms with van der Waals surface area (Å²) in [4.78, 5) is 12.5. The highest BCUT2D eigenvalue weighted by Gasteiger charge is 2.53. The van der Waals surface area contributed by atoms with E-state index in [0.717, 1.165) is 0 Å². The van der Waals surface area contributed by atoms with Crippen molar-refractivity contribution in [2.24, 2.45) is 0 Å². The molecule has 2 heterocycles. The topological polar surface area (TPSA) is 76.0 Å². The fraction of sp³-hybridized carbons (Fsp3) is 0.0385. The van der Waals surface area contributed by atoms with Crippen LogP contribution in [-0.2, 0) is 10.3 Å². The minimum absolute atomic E-state index is 0.0371. The molecule has 0 aromatic heterocycles. The molecule has 0 saturated heterocycles. The predicted molar refractivity (Wildman–Crippen MR) is 114 cm³/mol. The Morgan fingerprint density at radius 3 is 1.68 bits per heavy atom. The molecule has 152 valence electrons. The lowest BCUT2D eigenvalue weighted by atomic mass is 9.77. The highest BCUT2D eigenvalue weighted by Crippen LogP contribution is 2.56. The van der Waals surface area contributed by atoms with Crippen molar-refractivity contribution in [2.45, 2.75) is 5.60 Å². The maximum Gasteiger partial charge on any atom is 0.340 e. The Labute approximate surface area is 178 Å². The summed E-state index contributed by atoms with van der Waals surface area (Å²) in [7, 11) is 0. The molecule has 5 heteroatoms. The summed E-state index contributed by atoms with van der Waals surface area (Å²) in [6.45, 7) is 0. The van der Waals surface area contributed by atoms with E-state index in [4.69, 9.17) is 9.47 Å². The Balaban J connectivity index is 0.000000296. The molecule has 31 heavy (non-hydrogen) atoms. The highest BCUT2D eigenvalue weighted by atomic mass is 16.6. The fourth-order valence-electron chi connectivity index (χ4n) is 4.04. The second kappa shape index (κ2) is 7.22. The van der Waals surface area contributed by atoms with Crippen molar-refractivity contribution in [3.05, 3.63) is 119 Å². The molecule has 0 bridgehead atoms. The van der Waals surface area contributed by atoms with Gasteiger partial charge in [-0.05, 0) is 30.3 Å². The van der Waals surface area contributed by atoms with Gasteiger partial charge in [0.1, 0.15) is 23.0 Å². The largest absolute Gasteiger partial charge is 0.508 e. The summed E-state index contributed by atoms with van der Waals surface area (Å²) in [6, 6.07) is 28.6. The molecule has 0 atom stereocenters. The van der Waals surface area contributed by atoms with Crippen LogP contribution in [0, 0.1) is 0 Å². The van der Waals surface area contributed by atoms with Crippen LogP contribution < -0.4 is 4.74 Å². The summed E-state index contributed by atoms with van der Waals surface area (Å²) < 4.78 is 11.8. The van der Waals surface area contributed by atoms with Gasteiger partial charge in [0, 0.05) is 28.8 Å². The van der Waals surface area contributed by atoms with Gasteiger partial charge in [-0.1, -0.05) is 54.6 Å². The molecule has 0 fully saturated rings.